The highest BCUT2D eigenvalue weighted by Crippen LogP contribution is 2.40. The maximum absolute atomic E-state index is 6.32. The zero-order valence-corrected chi connectivity index (χ0v) is 13.7. The van der Waals surface area contributed by atoms with Gasteiger partial charge in [-0.3, -0.25) is 0 Å². The number of hydrogen-bond donors (Lipinski definition) is 1. The molecule has 0 radical (unpaired) electrons. The van der Waals surface area contributed by atoms with Crippen LogP contribution in [0.4, 0.5) is 5.69 Å². The van der Waals surface area contributed by atoms with Crippen LogP contribution in [0.2, 0.25) is 0 Å². The fourth-order valence-corrected chi connectivity index (χ4v) is 4.20. The third-order valence-electron chi connectivity index (χ3n) is 5.66. The van der Waals surface area contributed by atoms with Crippen LogP contribution in [-0.4, -0.2) is 43.2 Å². The molecule has 2 aliphatic heterocycles. The van der Waals surface area contributed by atoms with Gasteiger partial charge in [-0.1, -0.05) is 25.1 Å². The Balaban J connectivity index is 1.97. The average Bonchev–Trinajstić information content (AvgIpc) is 2.49. The van der Waals surface area contributed by atoms with E-state index in [-0.39, 0.29) is 5.54 Å². The molecule has 3 rings (SSSR count). The lowest BCUT2D eigenvalue weighted by atomic mass is 9.79. The van der Waals surface area contributed by atoms with E-state index in [1.165, 1.54) is 30.5 Å². The van der Waals surface area contributed by atoms with Crippen molar-refractivity contribution >= 4 is 5.69 Å². The van der Waals surface area contributed by atoms with Crippen molar-refractivity contribution in [3.8, 4) is 0 Å². The minimum atomic E-state index is 0.136. The van der Waals surface area contributed by atoms with E-state index in [9.17, 15) is 0 Å². The predicted molar refractivity (Wildman–Crippen MR) is 89.8 cm³/mol. The molecule has 2 heterocycles. The molecular formula is C18H29N3. The number of rotatable bonds is 2. The number of piperidine rings is 1. The van der Waals surface area contributed by atoms with Crippen molar-refractivity contribution in [3.63, 3.8) is 0 Å². The van der Waals surface area contributed by atoms with Gasteiger partial charge in [-0.15, -0.1) is 0 Å². The van der Waals surface area contributed by atoms with E-state index in [1.807, 2.05) is 0 Å². The molecule has 1 fully saturated rings. The third-order valence-corrected chi connectivity index (χ3v) is 5.66. The Labute approximate surface area is 129 Å². The van der Waals surface area contributed by atoms with Gasteiger partial charge in [0.1, 0.15) is 0 Å². The van der Waals surface area contributed by atoms with Crippen molar-refractivity contribution < 1.29 is 0 Å². The minimum Gasteiger partial charge on any atom is -0.364 e. The molecule has 0 amide bonds. The van der Waals surface area contributed by atoms with E-state index >= 15 is 0 Å². The Bertz CT molecular complexity index is 501. The molecule has 0 saturated carbocycles. The lowest BCUT2D eigenvalue weighted by Gasteiger charge is -2.54. The summed E-state index contributed by atoms with van der Waals surface area (Å²) in [4.78, 5) is 5.12. The van der Waals surface area contributed by atoms with Crippen molar-refractivity contribution in [3.05, 3.63) is 29.8 Å². The van der Waals surface area contributed by atoms with Gasteiger partial charge in [0.05, 0.1) is 5.54 Å². The standard InChI is InChI=1S/C18H29N3/c1-14-10-16-6-4-5-7-17(16)21(12-14)18(13-19)8-9-20(3)15(2)11-18/h4-7,14-15H,8-13,19H2,1-3H3. The van der Waals surface area contributed by atoms with Crippen LogP contribution in [0.25, 0.3) is 0 Å². The van der Waals surface area contributed by atoms with E-state index in [0.717, 1.165) is 19.6 Å². The first-order chi connectivity index (χ1) is 10.1. The topological polar surface area (TPSA) is 32.5 Å². The van der Waals surface area contributed by atoms with Crippen LogP contribution in [-0.2, 0) is 6.42 Å². The molecule has 3 heteroatoms. The summed E-state index contributed by atoms with van der Waals surface area (Å²) >= 11 is 0. The highest BCUT2D eigenvalue weighted by atomic mass is 15.3. The molecule has 1 aromatic rings. The number of para-hydroxylation sites is 1. The van der Waals surface area contributed by atoms with Gasteiger partial charge in [0, 0.05) is 31.4 Å². The zero-order chi connectivity index (χ0) is 15.0. The van der Waals surface area contributed by atoms with Crippen LogP contribution in [0.1, 0.15) is 32.3 Å². The van der Waals surface area contributed by atoms with Crippen LogP contribution in [0.3, 0.4) is 0 Å². The second kappa shape index (κ2) is 5.62. The van der Waals surface area contributed by atoms with Gasteiger partial charge in [-0.05, 0) is 50.8 Å². The molecule has 21 heavy (non-hydrogen) atoms. The maximum atomic E-state index is 6.32. The summed E-state index contributed by atoms with van der Waals surface area (Å²) in [6, 6.07) is 9.53. The van der Waals surface area contributed by atoms with Crippen LogP contribution in [0.5, 0.6) is 0 Å². The number of hydrogen-bond acceptors (Lipinski definition) is 3. The number of nitrogens with two attached hydrogens (primary N) is 1. The first kappa shape index (κ1) is 14.9. The van der Waals surface area contributed by atoms with Gasteiger partial charge in [0.2, 0.25) is 0 Å². The van der Waals surface area contributed by atoms with Gasteiger partial charge in [-0.25, -0.2) is 0 Å². The fourth-order valence-electron chi connectivity index (χ4n) is 4.20. The van der Waals surface area contributed by atoms with Crippen molar-refractivity contribution in [2.45, 2.75) is 44.7 Å². The Kier molecular flexibility index (Phi) is 3.98. The van der Waals surface area contributed by atoms with Crippen molar-refractivity contribution in [2.75, 3.05) is 31.6 Å². The number of fused-ring (bicyclic) bond motifs is 1. The Hall–Kier alpha value is -1.06. The van der Waals surface area contributed by atoms with Crippen LogP contribution < -0.4 is 10.6 Å². The number of benzene rings is 1. The molecule has 2 aliphatic rings. The SMILES string of the molecule is CC1Cc2ccccc2N(C2(CN)CCN(C)C(C)C2)C1. The zero-order valence-electron chi connectivity index (χ0n) is 13.7. The number of likely N-dealkylation sites (tertiary alicyclic amines) is 1. The molecule has 116 valence electrons. The Morgan fingerprint density at radius 2 is 2.05 bits per heavy atom. The first-order valence-corrected chi connectivity index (χ1v) is 8.31. The molecule has 2 N–H and O–H groups in total. The number of anilines is 1. The van der Waals surface area contributed by atoms with E-state index in [2.05, 4.69) is 55.0 Å². The van der Waals surface area contributed by atoms with Crippen molar-refractivity contribution in [2.24, 2.45) is 11.7 Å². The summed E-state index contributed by atoms with van der Waals surface area (Å²) in [7, 11) is 2.23. The summed E-state index contributed by atoms with van der Waals surface area (Å²) in [6.45, 7) is 7.75. The van der Waals surface area contributed by atoms with Crippen LogP contribution in [0, 0.1) is 5.92 Å². The van der Waals surface area contributed by atoms with Gasteiger partial charge in [-0.2, -0.15) is 0 Å². The Morgan fingerprint density at radius 3 is 2.76 bits per heavy atom. The predicted octanol–water partition coefficient (Wildman–Crippen LogP) is 2.50. The number of nitrogens with zero attached hydrogens (tertiary/aromatic N) is 2. The lowest BCUT2D eigenvalue weighted by molar-refractivity contribution is 0.126. The monoisotopic (exact) mass is 287 g/mol. The van der Waals surface area contributed by atoms with E-state index < -0.39 is 0 Å². The normalized spacial score (nSPS) is 33.8. The van der Waals surface area contributed by atoms with E-state index in [4.69, 9.17) is 5.73 Å². The van der Waals surface area contributed by atoms with Gasteiger partial charge >= 0.3 is 0 Å². The molecule has 0 bridgehead atoms. The summed E-state index contributed by atoms with van der Waals surface area (Å²) in [6.07, 6.45) is 3.54. The van der Waals surface area contributed by atoms with E-state index in [0.29, 0.717) is 12.0 Å². The molecule has 1 saturated heterocycles. The lowest BCUT2D eigenvalue weighted by Crippen LogP contribution is -2.63. The Morgan fingerprint density at radius 1 is 1.29 bits per heavy atom. The summed E-state index contributed by atoms with van der Waals surface area (Å²) < 4.78 is 0. The second-order valence-corrected chi connectivity index (χ2v) is 7.26. The molecular weight excluding hydrogens is 258 g/mol. The molecule has 3 nitrogen and oxygen atoms in total. The average molecular weight is 287 g/mol. The fraction of sp³-hybridized carbons (Fsp3) is 0.667. The summed E-state index contributed by atoms with van der Waals surface area (Å²) in [5.41, 5.74) is 9.38. The third kappa shape index (κ3) is 2.58. The molecule has 3 unspecified atom stereocenters. The van der Waals surface area contributed by atoms with E-state index in [1.54, 1.807) is 0 Å². The van der Waals surface area contributed by atoms with Crippen molar-refractivity contribution in [1.82, 2.24) is 4.90 Å². The smallest absolute Gasteiger partial charge is 0.0551 e. The second-order valence-electron chi connectivity index (χ2n) is 7.26. The van der Waals surface area contributed by atoms with Crippen LogP contribution >= 0.6 is 0 Å². The molecule has 0 spiro atoms. The minimum absolute atomic E-state index is 0.136. The van der Waals surface area contributed by atoms with Crippen molar-refractivity contribution in [1.29, 1.82) is 0 Å². The van der Waals surface area contributed by atoms with Gasteiger partial charge < -0.3 is 15.5 Å². The molecule has 0 aromatic heterocycles. The summed E-state index contributed by atoms with van der Waals surface area (Å²) in [5.74, 6) is 0.707. The molecule has 3 atom stereocenters. The largest absolute Gasteiger partial charge is 0.364 e. The van der Waals surface area contributed by atoms with Crippen LogP contribution in [0.15, 0.2) is 24.3 Å². The van der Waals surface area contributed by atoms with Gasteiger partial charge in [0.25, 0.3) is 0 Å². The summed E-state index contributed by atoms with van der Waals surface area (Å²) in [5, 5.41) is 0. The highest BCUT2D eigenvalue weighted by molar-refractivity contribution is 5.58. The molecule has 1 aromatic carbocycles. The first-order valence-electron chi connectivity index (χ1n) is 8.31. The maximum Gasteiger partial charge on any atom is 0.0551 e. The highest BCUT2D eigenvalue weighted by Gasteiger charge is 2.43. The van der Waals surface area contributed by atoms with Gasteiger partial charge in [0.15, 0.2) is 0 Å². The molecule has 0 aliphatic carbocycles. The quantitative estimate of drug-likeness (QED) is 0.907.